The Morgan fingerprint density at radius 3 is 2.36 bits per heavy atom. The normalized spacial score (nSPS) is 11.9. The first-order chi connectivity index (χ1) is 5.06. The third-order valence-electron chi connectivity index (χ3n) is 1.29. The Balaban J connectivity index is 3.09. The molecule has 0 aliphatic carbocycles. The van der Waals surface area contributed by atoms with Gasteiger partial charge in [-0.3, -0.25) is 0 Å². The van der Waals surface area contributed by atoms with Crippen LogP contribution in [-0.4, -0.2) is 26.3 Å². The zero-order chi connectivity index (χ0) is 8.74. The Labute approximate surface area is 69.7 Å². The molecule has 68 valence electrons. The van der Waals surface area contributed by atoms with Gasteiger partial charge in [0.2, 0.25) is 0 Å². The maximum atomic E-state index is 11.1. The summed E-state index contributed by atoms with van der Waals surface area (Å²) < 4.78 is 16.4. The van der Waals surface area contributed by atoms with Crippen molar-refractivity contribution < 1.29 is 9.30 Å². The fourth-order valence-electron chi connectivity index (χ4n) is 0.739. The molecule has 0 saturated carbocycles. The van der Waals surface area contributed by atoms with E-state index in [1.54, 1.807) is 13.3 Å². The molecule has 0 N–H and O–H groups in total. The van der Waals surface area contributed by atoms with Crippen molar-refractivity contribution in [2.45, 2.75) is 26.2 Å². The standard InChI is InChI=1S/C8H19O2P/c1-4-5-6-7-10-8-11(2,3)9/h4-8H2,1-3H3. The molecular formula is C8H19O2P. The fraction of sp³-hybridized carbons (Fsp3) is 1.00. The molecule has 0 atom stereocenters. The van der Waals surface area contributed by atoms with E-state index in [1.165, 1.54) is 12.8 Å². The van der Waals surface area contributed by atoms with Crippen LogP contribution in [0.2, 0.25) is 0 Å². The molecule has 0 saturated heterocycles. The van der Waals surface area contributed by atoms with Crippen LogP contribution in [0.5, 0.6) is 0 Å². The summed E-state index contributed by atoms with van der Waals surface area (Å²) in [5.41, 5.74) is 0. The minimum atomic E-state index is -1.94. The third kappa shape index (κ3) is 10.2. The summed E-state index contributed by atoms with van der Waals surface area (Å²) in [6.07, 6.45) is 3.95. The molecule has 2 nitrogen and oxygen atoms in total. The lowest BCUT2D eigenvalue weighted by Gasteiger charge is -2.06. The van der Waals surface area contributed by atoms with Gasteiger partial charge in [-0.15, -0.1) is 0 Å². The van der Waals surface area contributed by atoms with E-state index in [0.29, 0.717) is 6.35 Å². The summed E-state index contributed by atoms with van der Waals surface area (Å²) in [5.74, 6) is 0. The van der Waals surface area contributed by atoms with Gasteiger partial charge in [0.25, 0.3) is 0 Å². The molecule has 0 spiro atoms. The first kappa shape index (κ1) is 11.2. The summed E-state index contributed by atoms with van der Waals surface area (Å²) in [5, 5.41) is 0. The average Bonchev–Trinajstić information content (AvgIpc) is 1.85. The van der Waals surface area contributed by atoms with E-state index < -0.39 is 7.14 Å². The van der Waals surface area contributed by atoms with Crippen molar-refractivity contribution in [1.82, 2.24) is 0 Å². The van der Waals surface area contributed by atoms with Crippen LogP contribution >= 0.6 is 7.14 Å². The SMILES string of the molecule is CCCCCOCP(C)(C)=O. The molecule has 0 aromatic carbocycles. The van der Waals surface area contributed by atoms with Gasteiger partial charge in [0, 0.05) is 6.61 Å². The van der Waals surface area contributed by atoms with E-state index in [9.17, 15) is 4.57 Å². The van der Waals surface area contributed by atoms with Crippen molar-refractivity contribution >= 4 is 7.14 Å². The topological polar surface area (TPSA) is 26.3 Å². The Bertz CT molecular complexity index is 128. The van der Waals surface area contributed by atoms with Gasteiger partial charge in [-0.2, -0.15) is 0 Å². The maximum absolute atomic E-state index is 11.1. The van der Waals surface area contributed by atoms with Gasteiger partial charge in [-0.05, 0) is 19.8 Å². The second-order valence-corrected chi connectivity index (χ2v) is 6.72. The number of unbranched alkanes of at least 4 members (excludes halogenated alkanes) is 2. The zero-order valence-corrected chi connectivity index (χ0v) is 8.69. The summed E-state index contributed by atoms with van der Waals surface area (Å²) in [6.45, 7) is 6.43. The van der Waals surface area contributed by atoms with Crippen LogP contribution in [0.25, 0.3) is 0 Å². The lowest BCUT2D eigenvalue weighted by atomic mass is 10.3. The predicted octanol–water partition coefficient (Wildman–Crippen LogP) is 2.77. The Kier molecular flexibility index (Phi) is 5.89. The maximum Gasteiger partial charge on any atom is 0.106 e. The fourth-order valence-corrected chi connectivity index (χ4v) is 1.31. The summed E-state index contributed by atoms with van der Waals surface area (Å²) in [7, 11) is -1.94. The van der Waals surface area contributed by atoms with Crippen LogP contribution in [0.4, 0.5) is 0 Å². The van der Waals surface area contributed by atoms with E-state index in [-0.39, 0.29) is 0 Å². The summed E-state index contributed by atoms with van der Waals surface area (Å²) >= 11 is 0. The molecule has 11 heavy (non-hydrogen) atoms. The van der Waals surface area contributed by atoms with Crippen LogP contribution in [0.3, 0.4) is 0 Å². The number of hydrogen-bond donors (Lipinski definition) is 0. The van der Waals surface area contributed by atoms with Gasteiger partial charge >= 0.3 is 0 Å². The molecule has 0 aliphatic heterocycles. The van der Waals surface area contributed by atoms with Crippen molar-refractivity contribution in [3.05, 3.63) is 0 Å². The van der Waals surface area contributed by atoms with Crippen LogP contribution in [0, 0.1) is 0 Å². The van der Waals surface area contributed by atoms with Gasteiger partial charge in [0.1, 0.15) is 7.14 Å². The highest BCUT2D eigenvalue weighted by atomic mass is 31.2. The van der Waals surface area contributed by atoms with Crippen molar-refractivity contribution in [2.24, 2.45) is 0 Å². The third-order valence-corrected chi connectivity index (χ3v) is 2.10. The zero-order valence-electron chi connectivity index (χ0n) is 7.80. The van der Waals surface area contributed by atoms with Crippen LogP contribution in [0.1, 0.15) is 26.2 Å². The highest BCUT2D eigenvalue weighted by Gasteiger charge is 2.05. The molecule has 0 aliphatic rings. The van der Waals surface area contributed by atoms with Gasteiger partial charge in [-0.25, -0.2) is 0 Å². The molecule has 0 amide bonds. The lowest BCUT2D eigenvalue weighted by molar-refractivity contribution is 0.171. The largest absolute Gasteiger partial charge is 0.374 e. The number of ether oxygens (including phenoxy) is 1. The van der Waals surface area contributed by atoms with E-state index in [0.717, 1.165) is 13.0 Å². The van der Waals surface area contributed by atoms with Crippen molar-refractivity contribution in [1.29, 1.82) is 0 Å². The molecular weight excluding hydrogens is 159 g/mol. The van der Waals surface area contributed by atoms with E-state index in [1.807, 2.05) is 0 Å². The Morgan fingerprint density at radius 2 is 1.91 bits per heavy atom. The number of rotatable bonds is 6. The lowest BCUT2D eigenvalue weighted by Crippen LogP contribution is -1.96. The van der Waals surface area contributed by atoms with Gasteiger partial charge in [0.15, 0.2) is 0 Å². The van der Waals surface area contributed by atoms with Crippen molar-refractivity contribution in [3.63, 3.8) is 0 Å². The Morgan fingerprint density at radius 1 is 1.27 bits per heavy atom. The van der Waals surface area contributed by atoms with Crippen LogP contribution in [-0.2, 0) is 9.30 Å². The van der Waals surface area contributed by atoms with Crippen molar-refractivity contribution in [2.75, 3.05) is 26.3 Å². The van der Waals surface area contributed by atoms with Crippen LogP contribution in [0.15, 0.2) is 0 Å². The average molecular weight is 178 g/mol. The van der Waals surface area contributed by atoms with Crippen molar-refractivity contribution in [3.8, 4) is 0 Å². The first-order valence-electron chi connectivity index (χ1n) is 4.18. The van der Waals surface area contributed by atoms with E-state index >= 15 is 0 Å². The summed E-state index contributed by atoms with van der Waals surface area (Å²) in [4.78, 5) is 0. The molecule has 0 aromatic heterocycles. The Hall–Kier alpha value is 0.190. The van der Waals surface area contributed by atoms with Gasteiger partial charge in [-0.1, -0.05) is 19.8 Å². The second kappa shape index (κ2) is 5.79. The highest BCUT2D eigenvalue weighted by molar-refractivity contribution is 7.62. The molecule has 0 heterocycles. The molecule has 0 aromatic rings. The molecule has 0 radical (unpaired) electrons. The van der Waals surface area contributed by atoms with E-state index in [4.69, 9.17) is 4.74 Å². The molecule has 0 bridgehead atoms. The molecule has 0 rings (SSSR count). The van der Waals surface area contributed by atoms with Gasteiger partial charge in [0.05, 0.1) is 6.35 Å². The summed E-state index contributed by atoms with van der Waals surface area (Å²) in [6, 6.07) is 0. The minimum absolute atomic E-state index is 0.441. The van der Waals surface area contributed by atoms with E-state index in [2.05, 4.69) is 6.92 Å². The highest BCUT2D eigenvalue weighted by Crippen LogP contribution is 2.35. The molecule has 3 heteroatoms. The first-order valence-corrected chi connectivity index (χ1v) is 6.96. The van der Waals surface area contributed by atoms with Gasteiger partial charge < -0.3 is 9.30 Å². The smallest absolute Gasteiger partial charge is 0.106 e. The molecule has 0 fully saturated rings. The second-order valence-electron chi connectivity index (χ2n) is 3.32. The molecule has 0 unspecified atom stereocenters. The quantitative estimate of drug-likeness (QED) is 0.461. The monoisotopic (exact) mass is 178 g/mol. The number of hydrogen-bond acceptors (Lipinski definition) is 2. The predicted molar refractivity (Wildman–Crippen MR) is 49.8 cm³/mol. The minimum Gasteiger partial charge on any atom is -0.374 e. The van der Waals surface area contributed by atoms with Crippen LogP contribution < -0.4 is 0 Å².